The molecule has 3 N–H and O–H groups in total. The maximum absolute atomic E-state index is 12.2. The quantitative estimate of drug-likeness (QED) is 0.228. The topological polar surface area (TPSA) is 108 Å². The molecule has 0 spiro atoms. The summed E-state index contributed by atoms with van der Waals surface area (Å²) in [5, 5.41) is 2.58. The van der Waals surface area contributed by atoms with Crippen LogP contribution in [0.1, 0.15) is 122 Å². The van der Waals surface area contributed by atoms with Crippen molar-refractivity contribution in [3.63, 3.8) is 0 Å². The second-order valence-corrected chi connectivity index (χ2v) is 8.97. The number of amides is 1. The standard InChI is InChI=1S/C25H46N2O5/c26-20-14-8-12-19-24(29)32-25(30)27-21-15-9-13-18-23(28)31-22-16-10-6-4-2-1-3-5-7-11-17-22/h22H,1-21,26H2,(H,27,30). The van der Waals surface area contributed by atoms with Gasteiger partial charge in [0.2, 0.25) is 0 Å². The minimum Gasteiger partial charge on any atom is -0.462 e. The molecule has 0 aromatic carbocycles. The maximum atomic E-state index is 12.2. The van der Waals surface area contributed by atoms with Crippen molar-refractivity contribution in [2.75, 3.05) is 13.1 Å². The molecule has 1 aliphatic rings. The molecule has 0 radical (unpaired) electrons. The Bertz CT molecular complexity index is 501. The van der Waals surface area contributed by atoms with E-state index in [0.29, 0.717) is 25.9 Å². The molecule has 186 valence electrons. The van der Waals surface area contributed by atoms with Crippen molar-refractivity contribution in [3.05, 3.63) is 0 Å². The first-order valence-electron chi connectivity index (χ1n) is 13.0. The Morgan fingerprint density at radius 3 is 1.81 bits per heavy atom. The number of carbonyl (C=O) groups is 3. The number of ether oxygens (including phenoxy) is 2. The molecule has 7 heteroatoms. The number of hydrogen-bond donors (Lipinski definition) is 2. The fourth-order valence-corrected chi connectivity index (χ4v) is 4.03. The van der Waals surface area contributed by atoms with Gasteiger partial charge in [-0.05, 0) is 57.9 Å². The van der Waals surface area contributed by atoms with Gasteiger partial charge in [-0.1, -0.05) is 57.8 Å². The molecule has 7 nitrogen and oxygen atoms in total. The highest BCUT2D eigenvalue weighted by molar-refractivity contribution is 5.84. The van der Waals surface area contributed by atoms with Crippen LogP contribution in [0.25, 0.3) is 0 Å². The lowest BCUT2D eigenvalue weighted by molar-refractivity contribution is -0.150. The van der Waals surface area contributed by atoms with Crippen molar-refractivity contribution < 1.29 is 23.9 Å². The van der Waals surface area contributed by atoms with E-state index in [1.165, 1.54) is 44.9 Å². The zero-order chi connectivity index (χ0) is 23.3. The van der Waals surface area contributed by atoms with Crippen molar-refractivity contribution in [1.82, 2.24) is 5.32 Å². The molecule has 0 aromatic rings. The van der Waals surface area contributed by atoms with Crippen LogP contribution in [0.4, 0.5) is 4.79 Å². The number of unbranched alkanes of at least 4 members (excludes halogenated alkanes) is 4. The SMILES string of the molecule is NCCCCCC(=O)OC(=O)NCCCCCC(=O)OC1CCCCCCCCCCC1. The first kappa shape index (κ1) is 28.4. The Morgan fingerprint density at radius 2 is 1.22 bits per heavy atom. The van der Waals surface area contributed by atoms with E-state index >= 15 is 0 Å². The Kier molecular flexibility index (Phi) is 17.8. The number of rotatable bonds is 12. The van der Waals surface area contributed by atoms with Crippen molar-refractivity contribution >= 4 is 18.0 Å². The maximum Gasteiger partial charge on any atom is 0.414 e. The Balaban J connectivity index is 2.06. The smallest absolute Gasteiger partial charge is 0.414 e. The van der Waals surface area contributed by atoms with E-state index in [-0.39, 0.29) is 18.5 Å². The van der Waals surface area contributed by atoms with Crippen LogP contribution in [0.5, 0.6) is 0 Å². The van der Waals surface area contributed by atoms with Gasteiger partial charge in [-0.25, -0.2) is 4.79 Å². The van der Waals surface area contributed by atoms with Gasteiger partial charge in [0.25, 0.3) is 0 Å². The van der Waals surface area contributed by atoms with Gasteiger partial charge < -0.3 is 20.5 Å². The van der Waals surface area contributed by atoms with Crippen molar-refractivity contribution in [1.29, 1.82) is 0 Å². The molecule has 0 aromatic heterocycles. The highest BCUT2D eigenvalue weighted by Gasteiger charge is 2.15. The van der Waals surface area contributed by atoms with E-state index in [4.69, 9.17) is 15.2 Å². The zero-order valence-electron chi connectivity index (χ0n) is 20.0. The summed E-state index contributed by atoms with van der Waals surface area (Å²) in [6, 6.07) is 0. The summed E-state index contributed by atoms with van der Waals surface area (Å²) in [7, 11) is 0. The molecule has 0 bridgehead atoms. The summed E-state index contributed by atoms with van der Waals surface area (Å²) in [5.74, 6) is -0.608. The average molecular weight is 455 g/mol. The van der Waals surface area contributed by atoms with E-state index in [1.807, 2.05) is 0 Å². The monoisotopic (exact) mass is 454 g/mol. The summed E-state index contributed by atoms with van der Waals surface area (Å²) in [4.78, 5) is 35.3. The molecule has 0 aliphatic heterocycles. The Labute approximate surface area is 194 Å². The molecule has 0 atom stereocenters. The van der Waals surface area contributed by atoms with Gasteiger partial charge in [0.1, 0.15) is 6.10 Å². The van der Waals surface area contributed by atoms with E-state index in [9.17, 15) is 14.4 Å². The third kappa shape index (κ3) is 17.0. The summed E-state index contributed by atoms with van der Waals surface area (Å²) in [5.41, 5.74) is 5.40. The average Bonchev–Trinajstić information content (AvgIpc) is 2.75. The Hall–Kier alpha value is -1.63. The molecule has 1 aliphatic carbocycles. The second-order valence-electron chi connectivity index (χ2n) is 8.97. The molecule has 1 saturated carbocycles. The van der Waals surface area contributed by atoms with E-state index in [0.717, 1.165) is 57.8 Å². The third-order valence-electron chi connectivity index (χ3n) is 5.97. The van der Waals surface area contributed by atoms with Gasteiger partial charge in [-0.15, -0.1) is 0 Å². The second kappa shape index (κ2) is 20.0. The van der Waals surface area contributed by atoms with Gasteiger partial charge in [0.05, 0.1) is 0 Å². The highest BCUT2D eigenvalue weighted by Crippen LogP contribution is 2.19. The molecular formula is C25H46N2O5. The van der Waals surface area contributed by atoms with Crippen LogP contribution in [0, 0.1) is 0 Å². The largest absolute Gasteiger partial charge is 0.462 e. The normalized spacial score (nSPS) is 16.4. The van der Waals surface area contributed by atoms with Crippen LogP contribution in [-0.4, -0.2) is 37.2 Å². The summed E-state index contributed by atoms with van der Waals surface area (Å²) >= 11 is 0. The molecule has 0 unspecified atom stereocenters. The molecule has 0 saturated heterocycles. The Morgan fingerprint density at radius 1 is 0.688 bits per heavy atom. The lowest BCUT2D eigenvalue weighted by Crippen LogP contribution is -2.27. The summed E-state index contributed by atoms with van der Waals surface area (Å²) in [6.45, 7) is 1.03. The van der Waals surface area contributed by atoms with Gasteiger partial charge in [-0.3, -0.25) is 9.59 Å². The van der Waals surface area contributed by atoms with Crippen molar-refractivity contribution in [2.24, 2.45) is 5.73 Å². The first-order valence-corrected chi connectivity index (χ1v) is 13.0. The van der Waals surface area contributed by atoms with Gasteiger partial charge in [0, 0.05) is 19.4 Å². The molecule has 1 fully saturated rings. The van der Waals surface area contributed by atoms with Crippen molar-refractivity contribution in [3.8, 4) is 0 Å². The molecule has 1 amide bonds. The first-order chi connectivity index (χ1) is 15.6. The van der Waals surface area contributed by atoms with E-state index in [2.05, 4.69) is 5.32 Å². The number of esters is 2. The van der Waals surface area contributed by atoms with Crippen LogP contribution in [-0.2, 0) is 19.1 Å². The molecule has 32 heavy (non-hydrogen) atoms. The summed E-state index contributed by atoms with van der Waals surface area (Å²) < 4.78 is 10.5. The van der Waals surface area contributed by atoms with Gasteiger partial charge in [-0.2, -0.15) is 0 Å². The fraction of sp³-hybridized carbons (Fsp3) is 0.880. The van der Waals surface area contributed by atoms with E-state index in [1.54, 1.807) is 0 Å². The third-order valence-corrected chi connectivity index (χ3v) is 5.97. The predicted octanol–water partition coefficient (Wildman–Crippen LogP) is 5.54. The van der Waals surface area contributed by atoms with Gasteiger partial charge in [0.15, 0.2) is 0 Å². The predicted molar refractivity (Wildman–Crippen MR) is 126 cm³/mol. The van der Waals surface area contributed by atoms with Crippen molar-refractivity contribution in [2.45, 2.75) is 128 Å². The number of carbonyl (C=O) groups excluding carboxylic acids is 3. The number of nitrogens with two attached hydrogens (primary N) is 1. The van der Waals surface area contributed by atoms with Crippen LogP contribution >= 0.6 is 0 Å². The minimum absolute atomic E-state index is 0.0752. The summed E-state index contributed by atoms with van der Waals surface area (Å²) in [6.07, 6.45) is 18.1. The van der Waals surface area contributed by atoms with Crippen LogP contribution in [0.3, 0.4) is 0 Å². The lowest BCUT2D eigenvalue weighted by atomic mass is 9.99. The molecular weight excluding hydrogens is 408 g/mol. The van der Waals surface area contributed by atoms with Crippen LogP contribution < -0.4 is 11.1 Å². The van der Waals surface area contributed by atoms with Gasteiger partial charge >= 0.3 is 18.0 Å². The highest BCUT2D eigenvalue weighted by atomic mass is 16.6. The fourth-order valence-electron chi connectivity index (χ4n) is 4.03. The number of alkyl carbamates (subject to hydrolysis) is 1. The molecule has 0 heterocycles. The van der Waals surface area contributed by atoms with E-state index < -0.39 is 12.1 Å². The van der Waals surface area contributed by atoms with Crippen LogP contribution in [0.2, 0.25) is 0 Å². The minimum atomic E-state index is -0.698. The lowest BCUT2D eigenvalue weighted by Gasteiger charge is -2.18. The van der Waals surface area contributed by atoms with Crippen LogP contribution in [0.15, 0.2) is 0 Å². The number of nitrogens with one attached hydrogen (secondary N) is 1. The molecule has 1 rings (SSSR count). The zero-order valence-corrected chi connectivity index (χ0v) is 20.0. The number of hydrogen-bond acceptors (Lipinski definition) is 6.